The topological polar surface area (TPSA) is 116 Å². The zero-order valence-electron chi connectivity index (χ0n) is 9.33. The SMILES string of the molecule is Cl.Cl.N[C@@]1(C(=O)O)CNC[C@H](CCB(O)O)C1. The van der Waals surface area contributed by atoms with Gasteiger partial charge in [0.05, 0.1) is 0 Å². The molecule has 2 atom stereocenters. The Labute approximate surface area is 113 Å². The number of aliphatic carboxylic acids is 1. The highest BCUT2D eigenvalue weighted by atomic mass is 35.5. The van der Waals surface area contributed by atoms with Crippen LogP contribution >= 0.6 is 24.8 Å². The Balaban J connectivity index is 0. The molecule has 0 spiro atoms. The molecule has 102 valence electrons. The lowest BCUT2D eigenvalue weighted by molar-refractivity contribution is -0.144. The first-order valence-electron chi connectivity index (χ1n) is 5.03. The van der Waals surface area contributed by atoms with E-state index < -0.39 is 18.6 Å². The van der Waals surface area contributed by atoms with Gasteiger partial charge in [0.2, 0.25) is 0 Å². The summed E-state index contributed by atoms with van der Waals surface area (Å²) in [5.74, 6) is -0.925. The van der Waals surface area contributed by atoms with Crippen LogP contribution in [0.5, 0.6) is 0 Å². The average molecular weight is 289 g/mol. The summed E-state index contributed by atoms with van der Waals surface area (Å²) >= 11 is 0. The van der Waals surface area contributed by atoms with Crippen LogP contribution in [0.4, 0.5) is 0 Å². The third-order valence-electron chi connectivity index (χ3n) is 2.79. The third kappa shape index (κ3) is 5.90. The van der Waals surface area contributed by atoms with Crippen molar-refractivity contribution in [2.45, 2.75) is 24.7 Å². The summed E-state index contributed by atoms with van der Waals surface area (Å²) in [6.07, 6.45) is 1.20. The molecule has 0 saturated carbocycles. The Hall–Kier alpha value is -0.0451. The van der Waals surface area contributed by atoms with Crippen LogP contribution in [0.25, 0.3) is 0 Å². The van der Waals surface area contributed by atoms with E-state index in [1.54, 1.807) is 0 Å². The highest BCUT2D eigenvalue weighted by Crippen LogP contribution is 2.23. The lowest BCUT2D eigenvalue weighted by Crippen LogP contribution is -2.60. The van der Waals surface area contributed by atoms with Crippen molar-refractivity contribution in [1.29, 1.82) is 0 Å². The number of nitrogens with two attached hydrogens (primary N) is 1. The number of carboxylic acid groups (broad SMARTS) is 1. The van der Waals surface area contributed by atoms with Gasteiger partial charge < -0.3 is 26.2 Å². The molecular formula is C8H19BCl2N2O4. The fourth-order valence-electron chi connectivity index (χ4n) is 1.91. The maximum absolute atomic E-state index is 10.9. The zero-order valence-corrected chi connectivity index (χ0v) is 11.0. The molecule has 0 amide bonds. The van der Waals surface area contributed by atoms with Crippen molar-refractivity contribution >= 4 is 37.9 Å². The maximum Gasteiger partial charge on any atom is 0.451 e. The maximum atomic E-state index is 10.9. The molecule has 6 N–H and O–H groups in total. The van der Waals surface area contributed by atoms with Crippen molar-refractivity contribution in [1.82, 2.24) is 5.32 Å². The smallest absolute Gasteiger partial charge is 0.451 e. The van der Waals surface area contributed by atoms with Crippen LogP contribution in [0.15, 0.2) is 0 Å². The number of piperidine rings is 1. The van der Waals surface area contributed by atoms with Crippen LogP contribution in [0.1, 0.15) is 12.8 Å². The predicted molar refractivity (Wildman–Crippen MR) is 69.6 cm³/mol. The Bertz CT molecular complexity index is 248. The van der Waals surface area contributed by atoms with Gasteiger partial charge >= 0.3 is 13.1 Å². The monoisotopic (exact) mass is 288 g/mol. The Morgan fingerprint density at radius 1 is 1.47 bits per heavy atom. The molecule has 9 heteroatoms. The fourth-order valence-corrected chi connectivity index (χ4v) is 1.91. The molecule has 1 saturated heterocycles. The summed E-state index contributed by atoms with van der Waals surface area (Å²) in [5.41, 5.74) is 4.49. The summed E-state index contributed by atoms with van der Waals surface area (Å²) in [6.45, 7) is 0.944. The minimum Gasteiger partial charge on any atom is -0.480 e. The molecule has 6 nitrogen and oxygen atoms in total. The molecular weight excluding hydrogens is 270 g/mol. The van der Waals surface area contributed by atoms with Gasteiger partial charge in [-0.25, -0.2) is 0 Å². The first-order valence-corrected chi connectivity index (χ1v) is 5.03. The minimum absolute atomic E-state index is 0. The molecule has 1 aliphatic heterocycles. The van der Waals surface area contributed by atoms with Crippen molar-refractivity contribution in [3.05, 3.63) is 0 Å². The highest BCUT2D eigenvalue weighted by molar-refractivity contribution is 6.40. The summed E-state index contributed by atoms with van der Waals surface area (Å²) in [5, 5.41) is 29.3. The number of carbonyl (C=O) groups is 1. The van der Waals surface area contributed by atoms with Crippen molar-refractivity contribution in [2.24, 2.45) is 11.7 Å². The van der Waals surface area contributed by atoms with Gasteiger partial charge in [-0.1, -0.05) is 6.42 Å². The van der Waals surface area contributed by atoms with E-state index in [4.69, 9.17) is 20.9 Å². The van der Waals surface area contributed by atoms with Crippen LogP contribution in [0.3, 0.4) is 0 Å². The standard InChI is InChI=1S/C8H17BN2O4.2ClH/c10-8(7(12)13)3-6(4-11-5-8)1-2-9(14)15;;/h6,11,14-15H,1-5,10H2,(H,12,13);2*1H/t6-,8-;;/m1../s1. The van der Waals surface area contributed by atoms with Gasteiger partial charge in [-0.05, 0) is 25.2 Å². The molecule has 1 fully saturated rings. The van der Waals surface area contributed by atoms with E-state index in [2.05, 4.69) is 5.32 Å². The van der Waals surface area contributed by atoms with Gasteiger partial charge in [0, 0.05) is 6.54 Å². The second kappa shape index (κ2) is 8.13. The van der Waals surface area contributed by atoms with Gasteiger partial charge in [-0.2, -0.15) is 0 Å². The third-order valence-corrected chi connectivity index (χ3v) is 2.79. The molecule has 0 unspecified atom stereocenters. The Morgan fingerprint density at radius 2 is 2.06 bits per heavy atom. The number of nitrogens with one attached hydrogen (secondary N) is 1. The lowest BCUT2D eigenvalue weighted by atomic mass is 9.76. The van der Waals surface area contributed by atoms with Crippen LogP contribution in [0, 0.1) is 5.92 Å². The number of hydrogen-bond acceptors (Lipinski definition) is 5. The fraction of sp³-hybridized carbons (Fsp3) is 0.875. The second-order valence-electron chi connectivity index (χ2n) is 4.22. The van der Waals surface area contributed by atoms with E-state index in [1.807, 2.05) is 0 Å². The van der Waals surface area contributed by atoms with Gasteiger partial charge in [0.15, 0.2) is 0 Å². The number of carboxylic acids is 1. The molecule has 0 aromatic heterocycles. The van der Waals surface area contributed by atoms with Crippen molar-refractivity contribution in [3.63, 3.8) is 0 Å². The molecule has 0 bridgehead atoms. The van der Waals surface area contributed by atoms with Gasteiger partial charge in [0.1, 0.15) is 5.54 Å². The van der Waals surface area contributed by atoms with Crippen LogP contribution in [-0.4, -0.2) is 46.9 Å². The molecule has 1 rings (SSSR count). The van der Waals surface area contributed by atoms with E-state index in [9.17, 15) is 4.79 Å². The van der Waals surface area contributed by atoms with Crippen molar-refractivity contribution < 1.29 is 19.9 Å². The van der Waals surface area contributed by atoms with Gasteiger partial charge in [0.25, 0.3) is 0 Å². The molecule has 1 aliphatic rings. The minimum atomic E-state index is -1.33. The lowest BCUT2D eigenvalue weighted by Gasteiger charge is -2.35. The van der Waals surface area contributed by atoms with Gasteiger partial charge in [-0.15, -0.1) is 24.8 Å². The van der Waals surface area contributed by atoms with E-state index in [-0.39, 0.29) is 43.6 Å². The van der Waals surface area contributed by atoms with Gasteiger partial charge in [-0.3, -0.25) is 4.79 Å². The first kappa shape index (κ1) is 19.3. The molecule has 0 aromatic rings. The van der Waals surface area contributed by atoms with Crippen LogP contribution in [0.2, 0.25) is 6.32 Å². The molecule has 0 radical (unpaired) electrons. The summed E-state index contributed by atoms with van der Waals surface area (Å²) < 4.78 is 0. The molecule has 1 heterocycles. The number of rotatable bonds is 4. The Kier molecular flexibility index (Phi) is 9.22. The van der Waals surface area contributed by atoms with Crippen molar-refractivity contribution in [2.75, 3.05) is 13.1 Å². The molecule has 0 aromatic carbocycles. The van der Waals surface area contributed by atoms with E-state index >= 15 is 0 Å². The number of halogens is 2. The average Bonchev–Trinajstić information content (AvgIpc) is 2.15. The van der Waals surface area contributed by atoms with Crippen LogP contribution < -0.4 is 11.1 Å². The number of hydrogen-bond donors (Lipinski definition) is 5. The van der Waals surface area contributed by atoms with E-state index in [0.717, 1.165) is 0 Å². The van der Waals surface area contributed by atoms with Crippen LogP contribution in [-0.2, 0) is 4.79 Å². The van der Waals surface area contributed by atoms with Crippen molar-refractivity contribution in [3.8, 4) is 0 Å². The Morgan fingerprint density at radius 3 is 2.53 bits per heavy atom. The van der Waals surface area contributed by atoms with E-state index in [0.29, 0.717) is 19.4 Å². The van der Waals surface area contributed by atoms with E-state index in [1.165, 1.54) is 0 Å². The zero-order chi connectivity index (χ0) is 11.5. The molecule has 0 aliphatic carbocycles. The second-order valence-corrected chi connectivity index (χ2v) is 4.22. The highest BCUT2D eigenvalue weighted by Gasteiger charge is 2.39. The summed E-state index contributed by atoms with van der Waals surface area (Å²) in [4.78, 5) is 10.9. The summed E-state index contributed by atoms with van der Waals surface area (Å²) in [7, 11) is -1.33. The first-order chi connectivity index (χ1) is 6.94. The normalized spacial score (nSPS) is 27.6. The largest absolute Gasteiger partial charge is 0.480 e. The summed E-state index contributed by atoms with van der Waals surface area (Å²) in [6, 6.07) is 0. The quantitative estimate of drug-likeness (QED) is 0.428. The predicted octanol–water partition coefficient (Wildman–Crippen LogP) is -0.916. The molecule has 17 heavy (non-hydrogen) atoms.